The highest BCUT2D eigenvalue weighted by atomic mass is 16.6. The van der Waals surface area contributed by atoms with Crippen molar-refractivity contribution in [2.24, 2.45) is 5.41 Å². The van der Waals surface area contributed by atoms with Gasteiger partial charge >= 0.3 is 11.9 Å². The minimum Gasteiger partial charge on any atom is -0.465 e. The van der Waals surface area contributed by atoms with Crippen molar-refractivity contribution < 1.29 is 19.1 Å². The van der Waals surface area contributed by atoms with Gasteiger partial charge in [-0.1, -0.05) is 48.6 Å². The van der Waals surface area contributed by atoms with E-state index in [4.69, 9.17) is 9.47 Å². The molecule has 0 unspecified atom stereocenters. The maximum absolute atomic E-state index is 12.4. The molecule has 0 N–H and O–H groups in total. The number of benzene rings is 2. The molecule has 0 radical (unpaired) electrons. The van der Waals surface area contributed by atoms with Crippen molar-refractivity contribution in [2.45, 2.75) is 26.2 Å². The summed E-state index contributed by atoms with van der Waals surface area (Å²) in [6, 6.07) is 14.3. The van der Waals surface area contributed by atoms with Crippen LogP contribution in [-0.2, 0) is 19.1 Å². The predicted octanol–water partition coefficient (Wildman–Crippen LogP) is 4.13. The highest BCUT2D eigenvalue weighted by molar-refractivity contribution is 6.00. The second-order valence-electron chi connectivity index (χ2n) is 6.26. The second kappa shape index (κ2) is 7.51. The van der Waals surface area contributed by atoms with E-state index < -0.39 is 17.4 Å². The normalized spacial score (nSPS) is 20.6. The van der Waals surface area contributed by atoms with Gasteiger partial charge in [0.1, 0.15) is 0 Å². The molecular formula is C21H22O4. The Kier molecular flexibility index (Phi) is 5.17. The van der Waals surface area contributed by atoms with Gasteiger partial charge in [0, 0.05) is 0 Å². The SMILES string of the molecule is CCOC(=O)[C@]1(C/C=C/c2ccc3ccccc3c2)CCCOC1=O. The molecule has 0 aromatic heterocycles. The van der Waals surface area contributed by atoms with Crippen LogP contribution in [-0.4, -0.2) is 25.2 Å². The molecule has 4 nitrogen and oxygen atoms in total. The van der Waals surface area contributed by atoms with Gasteiger partial charge in [0.2, 0.25) is 0 Å². The summed E-state index contributed by atoms with van der Waals surface area (Å²) in [4.78, 5) is 24.7. The first kappa shape index (κ1) is 17.2. The number of allylic oxidation sites excluding steroid dienone is 1. The van der Waals surface area contributed by atoms with Crippen LogP contribution in [0.2, 0.25) is 0 Å². The van der Waals surface area contributed by atoms with Gasteiger partial charge in [0.15, 0.2) is 5.41 Å². The minimum atomic E-state index is -1.21. The predicted molar refractivity (Wildman–Crippen MR) is 96.9 cm³/mol. The number of carbonyl (C=O) groups excluding carboxylic acids is 2. The lowest BCUT2D eigenvalue weighted by atomic mass is 9.78. The Morgan fingerprint density at radius 3 is 2.80 bits per heavy atom. The van der Waals surface area contributed by atoms with Gasteiger partial charge in [0.05, 0.1) is 13.2 Å². The number of esters is 2. The van der Waals surface area contributed by atoms with Crippen LogP contribution in [0.5, 0.6) is 0 Å². The van der Waals surface area contributed by atoms with Crippen LogP contribution in [0.4, 0.5) is 0 Å². The third-order valence-electron chi connectivity index (χ3n) is 4.59. The molecular weight excluding hydrogens is 316 g/mol. The highest BCUT2D eigenvalue weighted by Crippen LogP contribution is 2.36. The fourth-order valence-corrected chi connectivity index (χ4v) is 3.21. The van der Waals surface area contributed by atoms with Crippen molar-refractivity contribution in [3.8, 4) is 0 Å². The molecule has 0 saturated carbocycles. The molecule has 0 spiro atoms. The van der Waals surface area contributed by atoms with Crippen LogP contribution in [0.25, 0.3) is 16.8 Å². The van der Waals surface area contributed by atoms with Gasteiger partial charge in [-0.3, -0.25) is 9.59 Å². The van der Waals surface area contributed by atoms with Crippen LogP contribution in [0.3, 0.4) is 0 Å². The molecule has 130 valence electrons. The van der Waals surface area contributed by atoms with E-state index in [1.807, 2.05) is 30.4 Å². The molecule has 2 aromatic carbocycles. The Labute approximate surface area is 147 Å². The summed E-state index contributed by atoms with van der Waals surface area (Å²) >= 11 is 0. The third-order valence-corrected chi connectivity index (χ3v) is 4.59. The fraction of sp³-hybridized carbons (Fsp3) is 0.333. The lowest BCUT2D eigenvalue weighted by Gasteiger charge is -2.31. The summed E-state index contributed by atoms with van der Waals surface area (Å²) in [5.41, 5.74) is -0.177. The summed E-state index contributed by atoms with van der Waals surface area (Å²) in [6.45, 7) is 2.36. The molecule has 0 aliphatic carbocycles. The summed E-state index contributed by atoms with van der Waals surface area (Å²) < 4.78 is 10.3. The van der Waals surface area contributed by atoms with Crippen LogP contribution >= 0.6 is 0 Å². The summed E-state index contributed by atoms with van der Waals surface area (Å²) in [5, 5.41) is 2.33. The topological polar surface area (TPSA) is 52.6 Å². The zero-order chi connectivity index (χ0) is 17.7. The number of hydrogen-bond acceptors (Lipinski definition) is 4. The molecule has 1 saturated heterocycles. The zero-order valence-corrected chi connectivity index (χ0v) is 14.4. The highest BCUT2D eigenvalue weighted by Gasteiger charge is 2.49. The molecule has 3 rings (SSSR count). The van der Waals surface area contributed by atoms with Crippen molar-refractivity contribution in [3.63, 3.8) is 0 Å². The van der Waals surface area contributed by atoms with E-state index >= 15 is 0 Å². The lowest BCUT2D eigenvalue weighted by molar-refractivity contribution is -0.177. The maximum Gasteiger partial charge on any atom is 0.323 e. The van der Waals surface area contributed by atoms with E-state index in [0.29, 0.717) is 19.4 Å². The Morgan fingerprint density at radius 2 is 2.04 bits per heavy atom. The quantitative estimate of drug-likeness (QED) is 0.607. The minimum absolute atomic E-state index is 0.252. The molecule has 0 bridgehead atoms. The van der Waals surface area contributed by atoms with Gasteiger partial charge < -0.3 is 9.47 Å². The van der Waals surface area contributed by atoms with Gasteiger partial charge in [-0.2, -0.15) is 0 Å². The van der Waals surface area contributed by atoms with Gasteiger partial charge in [0.25, 0.3) is 0 Å². The zero-order valence-electron chi connectivity index (χ0n) is 14.4. The van der Waals surface area contributed by atoms with E-state index in [1.165, 1.54) is 5.39 Å². The Morgan fingerprint density at radius 1 is 1.24 bits per heavy atom. The Balaban J connectivity index is 1.80. The average molecular weight is 338 g/mol. The standard InChI is InChI=1S/C21H22O4/c1-2-24-19(22)21(13-6-14-25-20(21)23)12-5-7-16-10-11-17-8-3-4-9-18(17)15-16/h3-5,7-11,15H,2,6,12-14H2,1H3/b7-5+/t21-/m0/s1. The maximum atomic E-state index is 12.4. The van der Waals surface area contributed by atoms with Gasteiger partial charge in [-0.05, 0) is 48.6 Å². The largest absolute Gasteiger partial charge is 0.465 e. The number of hydrogen-bond donors (Lipinski definition) is 0. The lowest BCUT2D eigenvalue weighted by Crippen LogP contribution is -2.44. The van der Waals surface area contributed by atoms with E-state index in [2.05, 4.69) is 24.3 Å². The molecule has 1 aliphatic rings. The second-order valence-corrected chi connectivity index (χ2v) is 6.26. The average Bonchev–Trinajstić information content (AvgIpc) is 2.63. The van der Waals surface area contributed by atoms with Crippen LogP contribution in [0, 0.1) is 5.41 Å². The molecule has 1 aliphatic heterocycles. The molecule has 0 amide bonds. The molecule has 1 heterocycles. The van der Waals surface area contributed by atoms with Crippen molar-refractivity contribution in [2.75, 3.05) is 13.2 Å². The van der Waals surface area contributed by atoms with E-state index in [-0.39, 0.29) is 13.0 Å². The first-order valence-electron chi connectivity index (χ1n) is 8.65. The Hall–Kier alpha value is -2.62. The third kappa shape index (κ3) is 3.58. The smallest absolute Gasteiger partial charge is 0.323 e. The Bertz CT molecular complexity index is 808. The first-order chi connectivity index (χ1) is 12.2. The van der Waals surface area contributed by atoms with Crippen LogP contribution in [0.1, 0.15) is 31.7 Å². The molecule has 2 aromatic rings. The summed E-state index contributed by atoms with van der Waals surface area (Å²) in [5.74, 6) is -0.955. The van der Waals surface area contributed by atoms with Crippen LogP contribution < -0.4 is 0 Å². The number of rotatable bonds is 5. The van der Waals surface area contributed by atoms with E-state index in [1.54, 1.807) is 6.92 Å². The van der Waals surface area contributed by atoms with Crippen LogP contribution in [0.15, 0.2) is 48.5 Å². The first-order valence-corrected chi connectivity index (χ1v) is 8.65. The summed E-state index contributed by atoms with van der Waals surface area (Å²) in [7, 11) is 0. The van der Waals surface area contributed by atoms with Crippen molar-refractivity contribution in [1.29, 1.82) is 0 Å². The van der Waals surface area contributed by atoms with Crippen molar-refractivity contribution >= 4 is 28.8 Å². The van der Waals surface area contributed by atoms with Gasteiger partial charge in [-0.15, -0.1) is 0 Å². The number of fused-ring (bicyclic) bond motifs is 1. The molecule has 1 fully saturated rings. The number of carbonyl (C=O) groups is 2. The molecule has 1 atom stereocenters. The van der Waals surface area contributed by atoms with Crippen molar-refractivity contribution in [1.82, 2.24) is 0 Å². The van der Waals surface area contributed by atoms with E-state index in [9.17, 15) is 9.59 Å². The number of cyclic esters (lactones) is 1. The fourth-order valence-electron chi connectivity index (χ4n) is 3.21. The van der Waals surface area contributed by atoms with E-state index in [0.717, 1.165) is 10.9 Å². The molecule has 4 heteroatoms. The van der Waals surface area contributed by atoms with Gasteiger partial charge in [-0.25, -0.2) is 0 Å². The monoisotopic (exact) mass is 338 g/mol. The van der Waals surface area contributed by atoms with Crippen molar-refractivity contribution in [3.05, 3.63) is 54.1 Å². The summed E-state index contributed by atoms with van der Waals surface area (Å²) in [6.07, 6.45) is 5.24. The number of ether oxygens (including phenoxy) is 2. The molecule has 25 heavy (non-hydrogen) atoms.